The van der Waals surface area contributed by atoms with Crippen molar-refractivity contribution in [3.05, 3.63) is 30.6 Å². The number of carbonyl (C=O) groups is 1. The van der Waals surface area contributed by atoms with E-state index in [1.807, 2.05) is 45.0 Å². The standard InChI is InChI=1S/C13H18N6O/c1-13(2,3)14-8-12(20)16-10-5-4-6-11(7-10)19-9-15-17-18-19/h4-7,9,14H,8H2,1-3H3,(H,16,20). The van der Waals surface area contributed by atoms with Gasteiger partial charge in [0, 0.05) is 11.2 Å². The minimum atomic E-state index is -0.0917. The summed E-state index contributed by atoms with van der Waals surface area (Å²) in [5.41, 5.74) is 1.40. The number of aromatic nitrogens is 4. The van der Waals surface area contributed by atoms with Crippen molar-refractivity contribution in [1.82, 2.24) is 25.5 Å². The van der Waals surface area contributed by atoms with E-state index < -0.39 is 0 Å². The second-order valence-corrected chi connectivity index (χ2v) is 5.46. The Balaban J connectivity index is 2.00. The molecule has 20 heavy (non-hydrogen) atoms. The first-order chi connectivity index (χ1) is 9.44. The fourth-order valence-corrected chi connectivity index (χ4v) is 1.56. The molecule has 0 atom stereocenters. The van der Waals surface area contributed by atoms with Gasteiger partial charge < -0.3 is 10.6 Å². The summed E-state index contributed by atoms with van der Waals surface area (Å²) in [6.07, 6.45) is 1.50. The fraction of sp³-hybridized carbons (Fsp3) is 0.385. The maximum Gasteiger partial charge on any atom is 0.238 e. The zero-order valence-corrected chi connectivity index (χ0v) is 11.8. The molecular weight excluding hydrogens is 256 g/mol. The Morgan fingerprint density at radius 1 is 1.35 bits per heavy atom. The van der Waals surface area contributed by atoms with Crippen LogP contribution in [-0.4, -0.2) is 38.2 Å². The molecular formula is C13H18N6O. The van der Waals surface area contributed by atoms with Crippen molar-refractivity contribution in [2.75, 3.05) is 11.9 Å². The van der Waals surface area contributed by atoms with Crippen molar-refractivity contribution in [2.45, 2.75) is 26.3 Å². The molecule has 0 radical (unpaired) electrons. The van der Waals surface area contributed by atoms with Crippen molar-refractivity contribution in [3.8, 4) is 5.69 Å². The van der Waals surface area contributed by atoms with Gasteiger partial charge in [-0.1, -0.05) is 6.07 Å². The highest BCUT2D eigenvalue weighted by Gasteiger charge is 2.11. The first-order valence-corrected chi connectivity index (χ1v) is 6.32. The predicted molar refractivity (Wildman–Crippen MR) is 75.5 cm³/mol. The molecule has 1 aromatic heterocycles. The second kappa shape index (κ2) is 5.79. The number of rotatable bonds is 4. The van der Waals surface area contributed by atoms with Crippen molar-refractivity contribution in [2.24, 2.45) is 0 Å². The molecule has 1 amide bonds. The summed E-state index contributed by atoms with van der Waals surface area (Å²) in [7, 11) is 0. The van der Waals surface area contributed by atoms with Crippen LogP contribution >= 0.6 is 0 Å². The first-order valence-electron chi connectivity index (χ1n) is 6.32. The van der Waals surface area contributed by atoms with E-state index in [1.54, 1.807) is 0 Å². The van der Waals surface area contributed by atoms with Crippen LogP contribution in [0.1, 0.15) is 20.8 Å². The van der Waals surface area contributed by atoms with Crippen LogP contribution in [0.15, 0.2) is 30.6 Å². The van der Waals surface area contributed by atoms with Crippen LogP contribution in [0.2, 0.25) is 0 Å². The Kier molecular flexibility index (Phi) is 4.09. The van der Waals surface area contributed by atoms with E-state index in [-0.39, 0.29) is 18.0 Å². The number of carbonyl (C=O) groups excluding carboxylic acids is 1. The highest BCUT2D eigenvalue weighted by atomic mass is 16.1. The van der Waals surface area contributed by atoms with Crippen LogP contribution in [0.25, 0.3) is 5.69 Å². The molecule has 106 valence electrons. The van der Waals surface area contributed by atoms with Gasteiger partial charge in [-0.15, -0.1) is 5.10 Å². The molecule has 0 bridgehead atoms. The third kappa shape index (κ3) is 4.13. The molecule has 0 saturated heterocycles. The molecule has 0 fully saturated rings. The number of hydrogen-bond acceptors (Lipinski definition) is 5. The lowest BCUT2D eigenvalue weighted by atomic mass is 10.1. The smallest absolute Gasteiger partial charge is 0.238 e. The Morgan fingerprint density at radius 3 is 2.80 bits per heavy atom. The summed E-state index contributed by atoms with van der Waals surface area (Å²) in [5.74, 6) is -0.0891. The maximum atomic E-state index is 11.8. The zero-order valence-electron chi connectivity index (χ0n) is 11.8. The molecule has 0 aliphatic carbocycles. The largest absolute Gasteiger partial charge is 0.325 e. The summed E-state index contributed by atoms with van der Waals surface area (Å²) < 4.78 is 1.53. The summed E-state index contributed by atoms with van der Waals surface area (Å²) in [6.45, 7) is 6.30. The van der Waals surface area contributed by atoms with Crippen molar-refractivity contribution in [3.63, 3.8) is 0 Å². The minimum Gasteiger partial charge on any atom is -0.325 e. The lowest BCUT2D eigenvalue weighted by Gasteiger charge is -2.20. The summed E-state index contributed by atoms with van der Waals surface area (Å²) >= 11 is 0. The lowest BCUT2D eigenvalue weighted by Crippen LogP contribution is -2.41. The van der Waals surface area contributed by atoms with Crippen LogP contribution in [0, 0.1) is 0 Å². The molecule has 0 unspecified atom stereocenters. The normalized spacial score (nSPS) is 11.3. The molecule has 7 heteroatoms. The topological polar surface area (TPSA) is 84.7 Å². The van der Waals surface area contributed by atoms with Gasteiger partial charge in [0.05, 0.1) is 12.2 Å². The number of anilines is 1. The Morgan fingerprint density at radius 2 is 2.15 bits per heavy atom. The minimum absolute atomic E-state index is 0.0891. The average Bonchev–Trinajstić information content (AvgIpc) is 2.90. The molecule has 0 aliphatic heterocycles. The van der Waals surface area contributed by atoms with E-state index in [4.69, 9.17) is 0 Å². The van der Waals surface area contributed by atoms with Crippen molar-refractivity contribution >= 4 is 11.6 Å². The molecule has 2 N–H and O–H groups in total. The van der Waals surface area contributed by atoms with Gasteiger partial charge >= 0.3 is 0 Å². The maximum absolute atomic E-state index is 11.8. The number of amides is 1. The zero-order chi connectivity index (χ0) is 14.6. The highest BCUT2D eigenvalue weighted by molar-refractivity contribution is 5.92. The van der Waals surface area contributed by atoms with Gasteiger partial charge in [-0.05, 0) is 49.4 Å². The third-order valence-electron chi connectivity index (χ3n) is 2.52. The van der Waals surface area contributed by atoms with Crippen LogP contribution in [0.5, 0.6) is 0 Å². The van der Waals surface area contributed by atoms with Crippen molar-refractivity contribution in [1.29, 1.82) is 0 Å². The van der Waals surface area contributed by atoms with Crippen molar-refractivity contribution < 1.29 is 4.79 Å². The number of nitrogens with zero attached hydrogens (tertiary/aromatic N) is 4. The molecule has 2 rings (SSSR count). The van der Waals surface area contributed by atoms with Gasteiger partial charge in [0.2, 0.25) is 5.91 Å². The van der Waals surface area contributed by atoms with Crippen LogP contribution < -0.4 is 10.6 Å². The van der Waals surface area contributed by atoms with Crippen LogP contribution in [0.3, 0.4) is 0 Å². The first kappa shape index (κ1) is 14.1. The molecule has 0 spiro atoms. The Labute approximate surface area is 117 Å². The molecule has 2 aromatic rings. The van der Waals surface area contributed by atoms with Gasteiger partial charge in [0.1, 0.15) is 6.33 Å². The number of benzene rings is 1. The highest BCUT2D eigenvalue weighted by Crippen LogP contribution is 2.13. The summed E-state index contributed by atoms with van der Waals surface area (Å²) in [4.78, 5) is 11.8. The molecule has 0 aliphatic rings. The Bertz CT molecular complexity index is 573. The van der Waals surface area contributed by atoms with Crippen LogP contribution in [-0.2, 0) is 4.79 Å². The van der Waals surface area contributed by atoms with E-state index >= 15 is 0 Å². The van der Waals surface area contributed by atoms with Gasteiger partial charge in [-0.3, -0.25) is 4.79 Å². The average molecular weight is 274 g/mol. The SMILES string of the molecule is CC(C)(C)NCC(=O)Nc1cccc(-n2cnnn2)c1. The predicted octanol–water partition coefficient (Wildman–Crippen LogP) is 0.989. The van der Waals surface area contributed by atoms with E-state index in [1.165, 1.54) is 11.0 Å². The quantitative estimate of drug-likeness (QED) is 0.868. The Hall–Kier alpha value is -2.28. The lowest BCUT2D eigenvalue weighted by molar-refractivity contribution is -0.115. The number of hydrogen-bond donors (Lipinski definition) is 2. The number of nitrogens with one attached hydrogen (secondary N) is 2. The van der Waals surface area contributed by atoms with Gasteiger partial charge in [-0.2, -0.15) is 0 Å². The summed E-state index contributed by atoms with van der Waals surface area (Å²) in [5, 5.41) is 16.9. The molecule has 1 heterocycles. The molecule has 1 aromatic carbocycles. The van der Waals surface area contributed by atoms with Gasteiger partial charge in [0.15, 0.2) is 0 Å². The molecule has 0 saturated carbocycles. The fourth-order valence-electron chi connectivity index (χ4n) is 1.56. The number of tetrazole rings is 1. The molecule has 7 nitrogen and oxygen atoms in total. The van der Waals surface area contributed by atoms with Gasteiger partial charge in [0.25, 0.3) is 0 Å². The van der Waals surface area contributed by atoms with E-state index in [0.717, 1.165) is 5.69 Å². The summed E-state index contributed by atoms with van der Waals surface area (Å²) in [6, 6.07) is 7.33. The monoisotopic (exact) mass is 274 g/mol. The van der Waals surface area contributed by atoms with Crippen LogP contribution in [0.4, 0.5) is 5.69 Å². The van der Waals surface area contributed by atoms with E-state index in [0.29, 0.717) is 5.69 Å². The third-order valence-corrected chi connectivity index (χ3v) is 2.52. The van der Waals surface area contributed by atoms with E-state index in [2.05, 4.69) is 26.2 Å². The second-order valence-electron chi connectivity index (χ2n) is 5.46. The van der Waals surface area contributed by atoms with E-state index in [9.17, 15) is 4.79 Å². The van der Waals surface area contributed by atoms with Gasteiger partial charge in [-0.25, -0.2) is 4.68 Å².